The number of rotatable bonds is 5. The Morgan fingerprint density at radius 1 is 0.319 bits per heavy atom. The second-order valence-electron chi connectivity index (χ2n) is 20.3. The predicted molar refractivity (Wildman–Crippen MR) is 299 cm³/mol. The third-order valence-corrected chi connectivity index (χ3v) is 16.3. The highest BCUT2D eigenvalue weighted by Crippen LogP contribution is 2.63. The molecule has 1 unspecified atom stereocenters. The summed E-state index contributed by atoms with van der Waals surface area (Å²) in [5, 5.41) is 2.28. The summed E-state index contributed by atoms with van der Waals surface area (Å²) in [7, 11) is 0. The summed E-state index contributed by atoms with van der Waals surface area (Å²) in [6, 6.07) is 92.5. The van der Waals surface area contributed by atoms with Crippen molar-refractivity contribution in [3.05, 3.63) is 282 Å². The van der Waals surface area contributed by atoms with E-state index in [1.54, 1.807) is 0 Å². The van der Waals surface area contributed by atoms with Crippen LogP contribution in [0.3, 0.4) is 0 Å². The van der Waals surface area contributed by atoms with Crippen LogP contribution in [0, 0.1) is 0 Å². The quantitative estimate of drug-likeness (QED) is 0.171. The van der Waals surface area contributed by atoms with Crippen LogP contribution in [-0.2, 0) is 10.8 Å². The second-order valence-corrected chi connectivity index (χ2v) is 20.3. The van der Waals surface area contributed by atoms with E-state index in [2.05, 4.69) is 267 Å². The van der Waals surface area contributed by atoms with Gasteiger partial charge in [-0.05, 0) is 125 Å². The van der Waals surface area contributed by atoms with Crippen LogP contribution in [0.2, 0.25) is 0 Å². The Morgan fingerprint density at radius 2 is 0.833 bits per heavy atom. The fraction of sp³-hybridized carbons (Fsp3) is 0.0571. The van der Waals surface area contributed by atoms with Gasteiger partial charge in [0.1, 0.15) is 11.2 Å². The minimum Gasteiger partial charge on any atom is -0.455 e. The van der Waals surface area contributed by atoms with Crippen LogP contribution in [0.5, 0.6) is 0 Å². The van der Waals surface area contributed by atoms with E-state index in [0.717, 1.165) is 50.1 Å². The number of benzene rings is 11. The summed E-state index contributed by atoms with van der Waals surface area (Å²) in [5.41, 5.74) is 26.7. The van der Waals surface area contributed by atoms with E-state index in [1.165, 1.54) is 89.0 Å². The molecular weight excluding hydrogens is 871 g/mol. The second kappa shape index (κ2) is 15.3. The maximum Gasteiger partial charge on any atom is 0.143 e. The van der Waals surface area contributed by atoms with Crippen molar-refractivity contribution in [1.29, 1.82) is 0 Å². The van der Waals surface area contributed by atoms with E-state index in [4.69, 9.17) is 4.42 Å². The van der Waals surface area contributed by atoms with E-state index in [-0.39, 0.29) is 5.41 Å². The summed E-state index contributed by atoms with van der Waals surface area (Å²) < 4.78 is 6.94. The molecule has 2 nitrogen and oxygen atoms in total. The fourth-order valence-electron chi connectivity index (χ4n) is 13.1. The van der Waals surface area contributed by atoms with Crippen LogP contribution in [0.15, 0.2) is 253 Å². The molecule has 0 fully saturated rings. The molecule has 0 saturated carbocycles. The molecule has 2 heteroatoms. The molecule has 3 aliphatic carbocycles. The van der Waals surface area contributed by atoms with Crippen molar-refractivity contribution in [3.63, 3.8) is 0 Å². The van der Waals surface area contributed by atoms with Crippen LogP contribution in [0.4, 0.5) is 17.1 Å². The zero-order chi connectivity index (χ0) is 47.7. The molecule has 0 radical (unpaired) electrons. The molecular formula is C70H47NO. The molecule has 0 aliphatic heterocycles. The first-order valence-corrected chi connectivity index (χ1v) is 25.2. The van der Waals surface area contributed by atoms with Crippen LogP contribution in [-0.4, -0.2) is 0 Å². The van der Waals surface area contributed by atoms with Crippen LogP contribution in [0.1, 0.15) is 47.2 Å². The van der Waals surface area contributed by atoms with Crippen molar-refractivity contribution in [1.82, 2.24) is 0 Å². The maximum absolute atomic E-state index is 6.94. The number of para-hydroxylation sites is 2. The lowest BCUT2D eigenvalue weighted by molar-refractivity contribution is 0.660. The molecule has 1 atom stereocenters. The van der Waals surface area contributed by atoms with E-state index in [9.17, 15) is 0 Å². The number of hydrogen-bond acceptors (Lipinski definition) is 2. The summed E-state index contributed by atoms with van der Waals surface area (Å²) in [5.74, 6) is 0. The molecule has 1 spiro atoms. The highest BCUT2D eigenvalue weighted by molar-refractivity contribution is 6.13. The van der Waals surface area contributed by atoms with Gasteiger partial charge in [0.25, 0.3) is 0 Å². The molecule has 0 amide bonds. The van der Waals surface area contributed by atoms with Gasteiger partial charge in [-0.2, -0.15) is 0 Å². The zero-order valence-electron chi connectivity index (χ0n) is 40.0. The number of nitrogens with zero attached hydrogens (tertiary/aromatic N) is 1. The highest BCUT2D eigenvalue weighted by atomic mass is 16.3. The average Bonchev–Trinajstić information content (AvgIpc) is 4.03. The Balaban J connectivity index is 1.01. The number of furan rings is 1. The van der Waals surface area contributed by atoms with Crippen molar-refractivity contribution in [2.75, 3.05) is 4.90 Å². The van der Waals surface area contributed by atoms with Gasteiger partial charge in [-0.15, -0.1) is 0 Å². The molecule has 0 N–H and O–H groups in total. The predicted octanol–water partition coefficient (Wildman–Crippen LogP) is 18.7. The largest absolute Gasteiger partial charge is 0.455 e. The maximum atomic E-state index is 6.94. The first-order chi connectivity index (χ1) is 35.5. The molecule has 3 aliphatic rings. The lowest BCUT2D eigenvalue weighted by atomic mass is 9.66. The minimum absolute atomic E-state index is 0.181. The molecule has 0 bridgehead atoms. The van der Waals surface area contributed by atoms with Crippen molar-refractivity contribution >= 4 is 39.0 Å². The molecule has 1 aromatic heterocycles. The fourth-order valence-corrected chi connectivity index (χ4v) is 13.1. The summed E-state index contributed by atoms with van der Waals surface area (Å²) in [6.07, 6.45) is 0. The molecule has 12 aromatic rings. The van der Waals surface area contributed by atoms with Crippen molar-refractivity contribution in [2.24, 2.45) is 0 Å². The van der Waals surface area contributed by atoms with E-state index >= 15 is 0 Å². The summed E-state index contributed by atoms with van der Waals surface area (Å²) in [6.45, 7) is 4.75. The third-order valence-electron chi connectivity index (χ3n) is 16.3. The van der Waals surface area contributed by atoms with Gasteiger partial charge >= 0.3 is 0 Å². The lowest BCUT2D eigenvalue weighted by Gasteiger charge is -2.36. The van der Waals surface area contributed by atoms with Crippen LogP contribution < -0.4 is 4.90 Å². The zero-order valence-corrected chi connectivity index (χ0v) is 40.0. The molecule has 0 saturated heterocycles. The Kier molecular flexibility index (Phi) is 8.66. The Bertz CT molecular complexity index is 4190. The minimum atomic E-state index is -0.671. The van der Waals surface area contributed by atoms with Gasteiger partial charge in [-0.25, -0.2) is 0 Å². The highest BCUT2D eigenvalue weighted by Gasteiger charge is 2.51. The molecule has 1 heterocycles. The third kappa shape index (κ3) is 5.61. The first kappa shape index (κ1) is 40.9. The summed E-state index contributed by atoms with van der Waals surface area (Å²) in [4.78, 5) is 2.52. The normalized spacial score (nSPS) is 15.2. The van der Waals surface area contributed by atoms with E-state index in [0.29, 0.717) is 0 Å². The molecule has 11 aromatic carbocycles. The van der Waals surface area contributed by atoms with E-state index in [1.807, 2.05) is 0 Å². The van der Waals surface area contributed by atoms with Gasteiger partial charge < -0.3 is 9.32 Å². The molecule has 338 valence electrons. The van der Waals surface area contributed by atoms with Crippen LogP contribution >= 0.6 is 0 Å². The standard InChI is InChI=1S/C70H47NO/c1-69(2)59-27-13-8-24-53(59)54-38-36-48(43-64(54)69)71(65-30-16-11-20-49(65)46-34-32-45(33-35-46)44-18-4-3-5-19-44)47-37-40-62-58(42-47)51-22-7-6-21-50(51)52-23-9-14-28-60(52)70(62)61-29-15-10-26-57(61)67-63(70)41-39-56-55-25-12-17-31-66(55)72-68(56)67/h3-43H,1-2H3. The van der Waals surface area contributed by atoms with Crippen molar-refractivity contribution < 1.29 is 4.42 Å². The lowest BCUT2D eigenvalue weighted by Crippen LogP contribution is -2.29. The SMILES string of the molecule is CC1(C)c2ccccc2-c2ccc(N(c3ccc4c(c3)-c3ccccc3-c3ccccc3C43c4ccccc4-c4c3ccc3c4oc4ccccc43)c3ccccc3-c3ccc(-c4ccccc4)cc3)cc21. The topological polar surface area (TPSA) is 16.4 Å². The Hall–Kier alpha value is -8.98. The smallest absolute Gasteiger partial charge is 0.143 e. The average molecular weight is 918 g/mol. The Morgan fingerprint density at radius 3 is 1.61 bits per heavy atom. The number of hydrogen-bond donors (Lipinski definition) is 0. The van der Waals surface area contributed by atoms with Crippen LogP contribution in [0.25, 0.3) is 88.7 Å². The van der Waals surface area contributed by atoms with Gasteiger partial charge in [0.15, 0.2) is 0 Å². The van der Waals surface area contributed by atoms with E-state index < -0.39 is 5.41 Å². The van der Waals surface area contributed by atoms with Gasteiger partial charge in [0.2, 0.25) is 0 Å². The monoisotopic (exact) mass is 917 g/mol. The number of anilines is 3. The van der Waals surface area contributed by atoms with Crippen molar-refractivity contribution in [2.45, 2.75) is 24.7 Å². The Labute approximate surface area is 419 Å². The van der Waals surface area contributed by atoms with Gasteiger partial charge in [-0.3, -0.25) is 0 Å². The summed E-state index contributed by atoms with van der Waals surface area (Å²) >= 11 is 0. The first-order valence-electron chi connectivity index (χ1n) is 25.2. The molecule has 72 heavy (non-hydrogen) atoms. The molecule has 15 rings (SSSR count). The van der Waals surface area contributed by atoms with Gasteiger partial charge in [-0.1, -0.05) is 226 Å². The van der Waals surface area contributed by atoms with Crippen molar-refractivity contribution in [3.8, 4) is 66.8 Å². The van der Waals surface area contributed by atoms with Gasteiger partial charge in [0, 0.05) is 38.7 Å². The van der Waals surface area contributed by atoms with Gasteiger partial charge in [0.05, 0.1) is 11.1 Å². The number of fused-ring (bicyclic) bond motifs is 19.